The van der Waals surface area contributed by atoms with Gasteiger partial charge >= 0.3 is 5.97 Å². The summed E-state index contributed by atoms with van der Waals surface area (Å²) in [6.45, 7) is 0.321. The fourth-order valence-corrected chi connectivity index (χ4v) is 3.54. The van der Waals surface area contributed by atoms with Gasteiger partial charge in [-0.25, -0.2) is 9.78 Å². The quantitative estimate of drug-likeness (QED) is 0.202. The molecule has 0 aliphatic heterocycles. The first-order valence-electron chi connectivity index (χ1n) is 9.45. The lowest BCUT2D eigenvalue weighted by molar-refractivity contribution is 0.0515. The first-order valence-corrected chi connectivity index (χ1v) is 10.2. The molecule has 0 spiro atoms. The third-order valence-electron chi connectivity index (χ3n) is 4.60. The number of oxime groups is 1. The van der Waals surface area contributed by atoms with E-state index in [0.29, 0.717) is 33.4 Å². The van der Waals surface area contributed by atoms with Gasteiger partial charge in [-0.2, -0.15) is 0 Å². The molecule has 0 atom stereocenters. The number of imidazole rings is 1. The van der Waals surface area contributed by atoms with Crippen molar-refractivity contribution in [3.63, 3.8) is 0 Å². The predicted octanol–water partition coefficient (Wildman–Crippen LogP) is 6.12. The molecule has 1 heterocycles. The molecule has 5 nitrogen and oxygen atoms in total. The fourth-order valence-electron chi connectivity index (χ4n) is 3.02. The van der Waals surface area contributed by atoms with Gasteiger partial charge in [-0.1, -0.05) is 70.8 Å². The topological polar surface area (TPSA) is 56.5 Å². The Labute approximate surface area is 189 Å². The largest absolute Gasteiger partial charge is 0.365 e. The zero-order valence-electron chi connectivity index (χ0n) is 16.3. The van der Waals surface area contributed by atoms with Gasteiger partial charge in [0.15, 0.2) is 0 Å². The second kappa shape index (κ2) is 9.60. The maximum atomic E-state index is 12.6. The monoisotopic (exact) mass is 449 g/mol. The number of benzene rings is 3. The number of halogens is 2. The minimum absolute atomic E-state index is 0.321. The van der Waals surface area contributed by atoms with Gasteiger partial charge in [0.2, 0.25) is 0 Å². The molecular formula is C24H17Cl2N3O2. The van der Waals surface area contributed by atoms with Gasteiger partial charge in [0.05, 0.1) is 23.5 Å². The lowest BCUT2D eigenvalue weighted by atomic mass is 10.0. The van der Waals surface area contributed by atoms with Crippen molar-refractivity contribution < 1.29 is 9.63 Å². The molecule has 0 N–H and O–H groups in total. The molecule has 0 saturated heterocycles. The number of nitrogens with zero attached hydrogens (tertiary/aromatic N) is 3. The van der Waals surface area contributed by atoms with Gasteiger partial charge < -0.3 is 9.40 Å². The summed E-state index contributed by atoms with van der Waals surface area (Å²) >= 11 is 12.3. The predicted molar refractivity (Wildman–Crippen MR) is 123 cm³/mol. The van der Waals surface area contributed by atoms with Crippen molar-refractivity contribution in [2.45, 2.75) is 6.54 Å². The molecule has 0 amide bonds. The molecule has 0 aliphatic carbocycles. The van der Waals surface area contributed by atoms with Gasteiger partial charge in [-0.3, -0.25) is 0 Å². The van der Waals surface area contributed by atoms with Crippen LogP contribution in [-0.2, 0) is 11.4 Å². The van der Waals surface area contributed by atoms with Crippen LogP contribution >= 0.6 is 23.2 Å². The molecule has 0 radical (unpaired) electrons. The Balaban J connectivity index is 1.55. The maximum absolute atomic E-state index is 12.6. The fraction of sp³-hybridized carbons (Fsp3) is 0.0417. The van der Waals surface area contributed by atoms with Crippen LogP contribution in [0.3, 0.4) is 0 Å². The van der Waals surface area contributed by atoms with E-state index in [4.69, 9.17) is 28.0 Å². The summed E-state index contributed by atoms with van der Waals surface area (Å²) in [7, 11) is 0. The Kier molecular flexibility index (Phi) is 6.46. The van der Waals surface area contributed by atoms with Crippen molar-refractivity contribution in [3.05, 3.63) is 113 Å². The molecule has 0 saturated carbocycles. The Bertz CT molecular complexity index is 1210. The first-order chi connectivity index (χ1) is 15.1. The van der Waals surface area contributed by atoms with E-state index in [-0.39, 0.29) is 0 Å². The molecule has 0 unspecified atom stereocenters. The van der Waals surface area contributed by atoms with Crippen LogP contribution in [0, 0.1) is 0 Å². The molecule has 1 aromatic heterocycles. The third kappa shape index (κ3) is 5.20. The average Bonchev–Trinajstić information content (AvgIpc) is 3.31. The van der Waals surface area contributed by atoms with Crippen molar-refractivity contribution in [1.82, 2.24) is 9.55 Å². The van der Waals surface area contributed by atoms with Gasteiger partial charge in [0.1, 0.15) is 5.71 Å². The SMILES string of the molecule is O=C(O/N=C(\Cn1ccnc1)c1ccc(Cl)cc1Cl)c1ccc(-c2ccccc2)cc1. The van der Waals surface area contributed by atoms with Crippen molar-refractivity contribution in [3.8, 4) is 11.1 Å². The van der Waals surface area contributed by atoms with Gasteiger partial charge in [-0.05, 0) is 41.5 Å². The highest BCUT2D eigenvalue weighted by atomic mass is 35.5. The van der Waals surface area contributed by atoms with E-state index in [1.165, 1.54) is 0 Å². The zero-order valence-corrected chi connectivity index (χ0v) is 17.8. The molecule has 0 bridgehead atoms. The summed E-state index contributed by atoms with van der Waals surface area (Å²) in [5.41, 5.74) is 3.56. The highest BCUT2D eigenvalue weighted by molar-refractivity contribution is 6.37. The Morgan fingerprint density at radius 2 is 1.71 bits per heavy atom. The van der Waals surface area contributed by atoms with E-state index in [1.807, 2.05) is 42.5 Å². The highest BCUT2D eigenvalue weighted by Crippen LogP contribution is 2.23. The Morgan fingerprint density at radius 3 is 2.39 bits per heavy atom. The third-order valence-corrected chi connectivity index (χ3v) is 5.15. The van der Waals surface area contributed by atoms with Crippen LogP contribution in [0.2, 0.25) is 10.0 Å². The molecule has 154 valence electrons. The second-order valence-corrected chi connectivity index (χ2v) is 7.56. The molecule has 4 rings (SSSR count). The Hall–Kier alpha value is -3.41. The van der Waals surface area contributed by atoms with Gasteiger partial charge in [-0.15, -0.1) is 0 Å². The molecule has 31 heavy (non-hydrogen) atoms. The molecule has 4 aromatic rings. The maximum Gasteiger partial charge on any atom is 0.365 e. The van der Waals surface area contributed by atoms with E-state index in [1.54, 1.807) is 53.6 Å². The molecule has 7 heteroatoms. The molecular weight excluding hydrogens is 433 g/mol. The highest BCUT2D eigenvalue weighted by Gasteiger charge is 2.14. The zero-order chi connectivity index (χ0) is 21.6. The van der Waals surface area contributed by atoms with Gasteiger partial charge in [0.25, 0.3) is 0 Å². The number of aromatic nitrogens is 2. The minimum Gasteiger partial charge on any atom is -0.331 e. The number of hydrogen-bond donors (Lipinski definition) is 0. The van der Waals surface area contributed by atoms with E-state index in [0.717, 1.165) is 11.1 Å². The van der Waals surface area contributed by atoms with Crippen LogP contribution in [0.5, 0.6) is 0 Å². The van der Waals surface area contributed by atoms with Crippen molar-refractivity contribution in [1.29, 1.82) is 0 Å². The minimum atomic E-state index is -0.562. The lowest BCUT2D eigenvalue weighted by Crippen LogP contribution is -2.13. The van der Waals surface area contributed by atoms with Crippen LogP contribution < -0.4 is 0 Å². The van der Waals surface area contributed by atoms with Crippen molar-refractivity contribution >= 4 is 34.9 Å². The first kappa shape index (κ1) is 20.8. The standard InChI is InChI=1S/C24H17Cl2N3O2/c25-20-10-11-21(22(26)14-20)23(15-29-13-12-27-16-29)28-31-24(30)19-8-6-18(7-9-19)17-4-2-1-3-5-17/h1-14,16H,15H2/b28-23+. The molecule has 0 aliphatic rings. The summed E-state index contributed by atoms with van der Waals surface area (Å²) in [4.78, 5) is 21.8. The Morgan fingerprint density at radius 1 is 0.968 bits per heavy atom. The van der Waals surface area contributed by atoms with E-state index >= 15 is 0 Å². The number of carbonyl (C=O) groups is 1. The smallest absolute Gasteiger partial charge is 0.331 e. The normalized spacial score (nSPS) is 11.4. The van der Waals surface area contributed by atoms with Crippen LogP contribution in [0.25, 0.3) is 11.1 Å². The summed E-state index contributed by atoms with van der Waals surface area (Å²) < 4.78 is 1.80. The van der Waals surface area contributed by atoms with E-state index in [9.17, 15) is 4.79 Å². The second-order valence-electron chi connectivity index (χ2n) is 6.72. The summed E-state index contributed by atoms with van der Waals surface area (Å²) in [6.07, 6.45) is 5.08. The number of rotatable bonds is 6. The van der Waals surface area contributed by atoms with Crippen molar-refractivity contribution in [2.75, 3.05) is 0 Å². The lowest BCUT2D eigenvalue weighted by Gasteiger charge is -2.10. The van der Waals surface area contributed by atoms with Crippen LogP contribution in [0.4, 0.5) is 0 Å². The summed E-state index contributed by atoms with van der Waals surface area (Å²) in [6, 6.07) is 22.1. The van der Waals surface area contributed by atoms with Crippen molar-refractivity contribution in [2.24, 2.45) is 5.16 Å². The number of hydrogen-bond acceptors (Lipinski definition) is 4. The van der Waals surface area contributed by atoms with Crippen LogP contribution in [0.1, 0.15) is 15.9 Å². The van der Waals surface area contributed by atoms with E-state index < -0.39 is 5.97 Å². The van der Waals surface area contributed by atoms with Crippen LogP contribution in [-0.4, -0.2) is 21.2 Å². The van der Waals surface area contributed by atoms with E-state index in [2.05, 4.69) is 10.1 Å². The molecule has 3 aromatic carbocycles. The summed E-state index contributed by atoms with van der Waals surface area (Å²) in [5.74, 6) is -0.562. The number of carbonyl (C=O) groups excluding carboxylic acids is 1. The molecule has 0 fully saturated rings. The van der Waals surface area contributed by atoms with Crippen LogP contribution in [0.15, 0.2) is 96.7 Å². The average molecular weight is 450 g/mol. The summed E-state index contributed by atoms with van der Waals surface area (Å²) in [5, 5.41) is 5.02. The van der Waals surface area contributed by atoms with Gasteiger partial charge in [0, 0.05) is 23.0 Å².